The molecule has 3 nitrogen and oxygen atoms in total. The third kappa shape index (κ3) is 3.11. The predicted molar refractivity (Wildman–Crippen MR) is 67.4 cm³/mol. The second kappa shape index (κ2) is 6.09. The molecule has 1 saturated heterocycles. The standard InChI is InChI=1S/C12H17NO2.ClH/c1-10(14)11-3-2-4-12(9-11)13-5-7-15-8-6-13;/h2-4,9-10,14H,5-8H2,1H3;1H. The summed E-state index contributed by atoms with van der Waals surface area (Å²) in [7, 11) is 0. The van der Waals surface area contributed by atoms with Crippen LogP contribution in [-0.2, 0) is 4.74 Å². The molecule has 16 heavy (non-hydrogen) atoms. The summed E-state index contributed by atoms with van der Waals surface area (Å²) in [6.45, 7) is 5.24. The maximum absolute atomic E-state index is 9.50. The fraction of sp³-hybridized carbons (Fsp3) is 0.500. The number of halogens is 1. The average Bonchev–Trinajstić information content (AvgIpc) is 2.30. The van der Waals surface area contributed by atoms with Crippen LogP contribution in [0.1, 0.15) is 18.6 Å². The normalized spacial score (nSPS) is 17.8. The average molecular weight is 244 g/mol. The van der Waals surface area contributed by atoms with Gasteiger partial charge in [-0.3, -0.25) is 0 Å². The number of ether oxygens (including phenoxy) is 1. The summed E-state index contributed by atoms with van der Waals surface area (Å²) in [5.41, 5.74) is 2.15. The Morgan fingerprint density at radius 2 is 2.00 bits per heavy atom. The maximum atomic E-state index is 9.50. The van der Waals surface area contributed by atoms with Crippen LogP contribution in [0.2, 0.25) is 0 Å². The van der Waals surface area contributed by atoms with E-state index in [0.717, 1.165) is 31.9 Å². The van der Waals surface area contributed by atoms with Crippen LogP contribution in [0.25, 0.3) is 0 Å². The molecule has 0 radical (unpaired) electrons. The summed E-state index contributed by atoms with van der Waals surface area (Å²) in [4.78, 5) is 2.29. The van der Waals surface area contributed by atoms with Gasteiger partial charge in [0.25, 0.3) is 0 Å². The second-order valence-electron chi connectivity index (χ2n) is 3.87. The highest BCUT2D eigenvalue weighted by Gasteiger charge is 2.11. The van der Waals surface area contributed by atoms with Gasteiger partial charge in [0.05, 0.1) is 19.3 Å². The van der Waals surface area contributed by atoms with E-state index in [2.05, 4.69) is 17.0 Å². The molecule has 1 aromatic rings. The first-order valence-corrected chi connectivity index (χ1v) is 5.38. The van der Waals surface area contributed by atoms with Gasteiger partial charge in [-0.05, 0) is 24.6 Å². The Bertz CT molecular complexity index is 325. The van der Waals surface area contributed by atoms with Crippen LogP contribution in [0.3, 0.4) is 0 Å². The molecule has 90 valence electrons. The van der Waals surface area contributed by atoms with Gasteiger partial charge in [0.1, 0.15) is 0 Å². The van der Waals surface area contributed by atoms with Gasteiger partial charge in [0.2, 0.25) is 0 Å². The summed E-state index contributed by atoms with van der Waals surface area (Å²) in [6.07, 6.45) is -0.397. The molecule has 0 saturated carbocycles. The third-order valence-electron chi connectivity index (χ3n) is 2.73. The highest BCUT2D eigenvalue weighted by molar-refractivity contribution is 5.85. The van der Waals surface area contributed by atoms with Crippen molar-refractivity contribution >= 4 is 18.1 Å². The molecule has 1 aliphatic rings. The first-order valence-electron chi connectivity index (χ1n) is 5.38. The van der Waals surface area contributed by atoms with Crippen molar-refractivity contribution in [2.45, 2.75) is 13.0 Å². The monoisotopic (exact) mass is 243 g/mol. The van der Waals surface area contributed by atoms with Crippen molar-refractivity contribution in [1.29, 1.82) is 0 Å². The molecule has 1 heterocycles. The predicted octanol–water partition coefficient (Wildman–Crippen LogP) is 2.00. The summed E-state index contributed by atoms with van der Waals surface area (Å²) in [5.74, 6) is 0. The van der Waals surface area contributed by atoms with Crippen LogP contribution >= 0.6 is 12.4 Å². The van der Waals surface area contributed by atoms with E-state index < -0.39 is 6.10 Å². The number of hydrogen-bond donors (Lipinski definition) is 1. The lowest BCUT2D eigenvalue weighted by Crippen LogP contribution is -2.36. The van der Waals surface area contributed by atoms with Crippen molar-refractivity contribution in [2.75, 3.05) is 31.2 Å². The Morgan fingerprint density at radius 1 is 1.31 bits per heavy atom. The minimum Gasteiger partial charge on any atom is -0.389 e. The van der Waals surface area contributed by atoms with E-state index in [1.165, 1.54) is 5.69 Å². The minimum atomic E-state index is -0.397. The molecular formula is C12H18ClNO2. The molecule has 1 fully saturated rings. The van der Waals surface area contributed by atoms with Crippen LogP contribution in [-0.4, -0.2) is 31.4 Å². The number of aliphatic hydroxyl groups excluding tert-OH is 1. The van der Waals surface area contributed by atoms with Crippen molar-refractivity contribution in [3.8, 4) is 0 Å². The first-order chi connectivity index (χ1) is 7.27. The Balaban J connectivity index is 0.00000128. The highest BCUT2D eigenvalue weighted by Crippen LogP contribution is 2.21. The molecule has 1 aromatic carbocycles. The van der Waals surface area contributed by atoms with Crippen LogP contribution in [0, 0.1) is 0 Å². The summed E-state index contributed by atoms with van der Waals surface area (Å²) in [6, 6.07) is 8.08. The van der Waals surface area contributed by atoms with Gasteiger partial charge in [0.15, 0.2) is 0 Å². The van der Waals surface area contributed by atoms with E-state index in [1.54, 1.807) is 6.92 Å². The van der Waals surface area contributed by atoms with Crippen LogP contribution in [0.15, 0.2) is 24.3 Å². The van der Waals surface area contributed by atoms with Gasteiger partial charge in [0, 0.05) is 18.8 Å². The van der Waals surface area contributed by atoms with Crippen molar-refractivity contribution in [1.82, 2.24) is 0 Å². The topological polar surface area (TPSA) is 32.7 Å². The molecule has 0 bridgehead atoms. The van der Waals surface area contributed by atoms with Gasteiger partial charge in [-0.25, -0.2) is 0 Å². The largest absolute Gasteiger partial charge is 0.389 e. The van der Waals surface area contributed by atoms with Crippen LogP contribution in [0.5, 0.6) is 0 Å². The Hall–Kier alpha value is -0.770. The molecule has 4 heteroatoms. The number of benzene rings is 1. The molecule has 1 N–H and O–H groups in total. The zero-order valence-electron chi connectivity index (χ0n) is 9.43. The molecule has 0 aromatic heterocycles. The van der Waals surface area contributed by atoms with E-state index in [4.69, 9.17) is 4.74 Å². The Kier molecular flexibility index (Phi) is 5.06. The number of anilines is 1. The van der Waals surface area contributed by atoms with Crippen molar-refractivity contribution < 1.29 is 9.84 Å². The van der Waals surface area contributed by atoms with Crippen molar-refractivity contribution in [2.24, 2.45) is 0 Å². The maximum Gasteiger partial charge on any atom is 0.0762 e. The van der Waals surface area contributed by atoms with Gasteiger partial charge in [-0.2, -0.15) is 0 Å². The lowest BCUT2D eigenvalue weighted by atomic mass is 10.1. The molecule has 1 atom stereocenters. The van der Waals surface area contributed by atoms with Gasteiger partial charge < -0.3 is 14.7 Å². The summed E-state index contributed by atoms with van der Waals surface area (Å²) >= 11 is 0. The van der Waals surface area contributed by atoms with E-state index in [0.29, 0.717) is 0 Å². The number of rotatable bonds is 2. The summed E-state index contributed by atoms with van der Waals surface area (Å²) in [5, 5.41) is 9.50. The SMILES string of the molecule is CC(O)c1cccc(N2CCOCC2)c1.Cl. The number of hydrogen-bond acceptors (Lipinski definition) is 3. The molecule has 0 amide bonds. The lowest BCUT2D eigenvalue weighted by molar-refractivity contribution is 0.122. The Morgan fingerprint density at radius 3 is 2.62 bits per heavy atom. The summed E-state index contributed by atoms with van der Waals surface area (Å²) < 4.78 is 5.31. The lowest BCUT2D eigenvalue weighted by Gasteiger charge is -2.29. The molecular weight excluding hydrogens is 226 g/mol. The first kappa shape index (κ1) is 13.3. The van der Waals surface area contributed by atoms with Gasteiger partial charge in [-0.15, -0.1) is 12.4 Å². The van der Waals surface area contributed by atoms with Gasteiger partial charge in [-0.1, -0.05) is 12.1 Å². The third-order valence-corrected chi connectivity index (χ3v) is 2.73. The van der Waals surface area contributed by atoms with E-state index in [9.17, 15) is 5.11 Å². The van der Waals surface area contributed by atoms with E-state index >= 15 is 0 Å². The van der Waals surface area contributed by atoms with Crippen molar-refractivity contribution in [3.05, 3.63) is 29.8 Å². The molecule has 2 rings (SSSR count). The number of nitrogens with zero attached hydrogens (tertiary/aromatic N) is 1. The number of morpholine rings is 1. The fourth-order valence-electron chi connectivity index (χ4n) is 1.80. The van der Waals surface area contributed by atoms with Crippen molar-refractivity contribution in [3.63, 3.8) is 0 Å². The van der Waals surface area contributed by atoms with Gasteiger partial charge >= 0.3 is 0 Å². The Labute approximate surface area is 102 Å². The molecule has 1 unspecified atom stereocenters. The molecule has 0 aliphatic carbocycles. The molecule has 1 aliphatic heterocycles. The highest BCUT2D eigenvalue weighted by atomic mass is 35.5. The van der Waals surface area contributed by atoms with E-state index in [-0.39, 0.29) is 12.4 Å². The smallest absolute Gasteiger partial charge is 0.0762 e. The van der Waals surface area contributed by atoms with E-state index in [1.807, 2.05) is 12.1 Å². The molecule has 0 spiro atoms. The zero-order chi connectivity index (χ0) is 10.7. The number of aliphatic hydroxyl groups is 1. The quantitative estimate of drug-likeness (QED) is 0.863. The van der Waals surface area contributed by atoms with Crippen LogP contribution in [0.4, 0.5) is 5.69 Å². The van der Waals surface area contributed by atoms with Crippen LogP contribution < -0.4 is 4.90 Å². The zero-order valence-corrected chi connectivity index (χ0v) is 10.2. The minimum absolute atomic E-state index is 0. The second-order valence-corrected chi connectivity index (χ2v) is 3.87. The fourth-order valence-corrected chi connectivity index (χ4v) is 1.80.